The van der Waals surface area contributed by atoms with Gasteiger partial charge in [-0.15, -0.1) is 0 Å². The molecule has 1 aromatic carbocycles. The Morgan fingerprint density at radius 2 is 2.20 bits per heavy atom. The van der Waals surface area contributed by atoms with Crippen molar-refractivity contribution >= 4 is 23.1 Å². The summed E-state index contributed by atoms with van der Waals surface area (Å²) in [5.74, 6) is -2.25. The van der Waals surface area contributed by atoms with Gasteiger partial charge in [-0.2, -0.15) is 0 Å². The Labute approximate surface area is 88.5 Å². The molecule has 1 amide bonds. The number of hydrogen-bond acceptors (Lipinski definition) is 4. The summed E-state index contributed by atoms with van der Waals surface area (Å²) in [6, 6.07) is 3.04. The smallest absolute Gasteiger partial charge is 0.299 e. The van der Waals surface area contributed by atoms with E-state index >= 15 is 0 Å². The van der Waals surface area contributed by atoms with Gasteiger partial charge in [-0.3, -0.25) is 19.7 Å². The third-order valence-corrected chi connectivity index (χ3v) is 2.07. The van der Waals surface area contributed by atoms with Gasteiger partial charge >= 0.3 is 0 Å². The maximum Gasteiger partial charge on any atom is 0.299 e. The molecule has 0 saturated heterocycles. The van der Waals surface area contributed by atoms with E-state index in [2.05, 4.69) is 0 Å². The lowest BCUT2D eigenvalue weighted by molar-refractivity contribution is -0.384. The molecule has 0 atom stereocenters. The summed E-state index contributed by atoms with van der Waals surface area (Å²) in [6.07, 6.45) is 0. The number of amides is 1. The standard InChI is InChI=1S/C9H6N2O4/c1-10-7-3-2-5(11(14)15)4-6(7)8(12)9(10)13/h2-4H,1H3/i1D3. The van der Waals surface area contributed by atoms with Gasteiger partial charge in [0.2, 0.25) is 0 Å². The lowest BCUT2D eigenvalue weighted by Crippen LogP contribution is -2.24. The molecule has 0 aliphatic carbocycles. The molecule has 15 heavy (non-hydrogen) atoms. The van der Waals surface area contributed by atoms with E-state index in [1.54, 1.807) is 0 Å². The van der Waals surface area contributed by atoms with E-state index in [0.29, 0.717) is 4.90 Å². The van der Waals surface area contributed by atoms with E-state index in [0.717, 1.165) is 18.2 Å². The molecule has 0 N–H and O–H groups in total. The SMILES string of the molecule is [2H]C([2H])([2H])N1C(=O)C(=O)c2cc([N+](=O)[O-])ccc21. The summed E-state index contributed by atoms with van der Waals surface area (Å²) in [6.45, 7) is -2.80. The van der Waals surface area contributed by atoms with Gasteiger partial charge < -0.3 is 4.90 Å². The number of nitro groups is 1. The lowest BCUT2D eigenvalue weighted by Gasteiger charge is -2.07. The number of anilines is 1. The molecule has 6 heteroatoms. The number of ketones is 1. The van der Waals surface area contributed by atoms with Gasteiger partial charge in [0.15, 0.2) is 0 Å². The Kier molecular flexibility index (Phi) is 1.20. The molecule has 0 spiro atoms. The second-order valence-corrected chi connectivity index (χ2v) is 2.93. The predicted molar refractivity (Wildman–Crippen MR) is 50.8 cm³/mol. The fraction of sp³-hybridized carbons (Fsp3) is 0.111. The van der Waals surface area contributed by atoms with Crippen LogP contribution in [0.1, 0.15) is 14.5 Å². The minimum absolute atomic E-state index is 0.129. The highest BCUT2D eigenvalue weighted by atomic mass is 16.6. The number of nitrogens with zero attached hydrogens (tertiary/aromatic N) is 2. The fourth-order valence-electron chi connectivity index (χ4n) is 1.34. The summed E-state index contributed by atoms with van der Waals surface area (Å²) in [5.41, 5.74) is -0.761. The minimum atomic E-state index is -2.80. The number of non-ortho nitro benzene ring substituents is 1. The molecule has 0 radical (unpaired) electrons. The number of rotatable bonds is 1. The second kappa shape index (κ2) is 2.88. The molecule has 0 saturated carbocycles. The van der Waals surface area contributed by atoms with Crippen molar-refractivity contribution < 1.29 is 18.6 Å². The van der Waals surface area contributed by atoms with Gasteiger partial charge in [0.05, 0.1) is 16.2 Å². The van der Waals surface area contributed by atoms with Crippen molar-refractivity contribution in [2.75, 3.05) is 11.9 Å². The maximum atomic E-state index is 11.6. The largest absolute Gasteiger partial charge is 0.308 e. The molecule has 0 aromatic heterocycles. The van der Waals surface area contributed by atoms with Crippen molar-refractivity contribution in [3.8, 4) is 0 Å². The summed E-state index contributed by atoms with van der Waals surface area (Å²) in [4.78, 5) is 33.3. The zero-order chi connectivity index (χ0) is 13.7. The van der Waals surface area contributed by atoms with Crippen LogP contribution in [0.3, 0.4) is 0 Å². The van der Waals surface area contributed by atoms with Gasteiger partial charge in [-0.25, -0.2) is 0 Å². The third kappa shape index (κ3) is 1.18. The van der Waals surface area contributed by atoms with E-state index in [9.17, 15) is 19.7 Å². The zero-order valence-electron chi connectivity index (χ0n) is 10.3. The van der Waals surface area contributed by atoms with Crippen molar-refractivity contribution in [3.63, 3.8) is 0 Å². The predicted octanol–water partition coefficient (Wildman–Crippen LogP) is 0.754. The Morgan fingerprint density at radius 3 is 2.80 bits per heavy atom. The average molecular weight is 209 g/mol. The molecule has 1 aromatic rings. The highest BCUT2D eigenvalue weighted by Crippen LogP contribution is 2.30. The molecule has 0 unspecified atom stereocenters. The van der Waals surface area contributed by atoms with E-state index in [-0.39, 0.29) is 16.9 Å². The Balaban J connectivity index is 2.62. The van der Waals surface area contributed by atoms with Crippen LogP contribution in [0.2, 0.25) is 0 Å². The molecule has 6 nitrogen and oxygen atoms in total. The molecule has 1 aliphatic rings. The number of likely N-dealkylation sites (N-methyl/N-ethyl adjacent to an activating group) is 1. The van der Waals surface area contributed by atoms with E-state index in [1.165, 1.54) is 0 Å². The number of benzene rings is 1. The number of carbonyl (C=O) groups excluding carboxylic acids is 2. The summed E-state index contributed by atoms with van der Waals surface area (Å²) in [7, 11) is 0. The first kappa shape index (κ1) is 6.28. The Morgan fingerprint density at radius 1 is 1.47 bits per heavy atom. The van der Waals surface area contributed by atoms with Crippen LogP contribution < -0.4 is 4.90 Å². The molecule has 76 valence electrons. The Bertz CT molecular complexity index is 582. The van der Waals surface area contributed by atoms with E-state index in [4.69, 9.17) is 4.11 Å². The Hall–Kier alpha value is -2.24. The molecule has 1 heterocycles. The number of fused-ring (bicyclic) bond motifs is 1. The third-order valence-electron chi connectivity index (χ3n) is 2.07. The van der Waals surface area contributed by atoms with Crippen molar-refractivity contribution in [1.29, 1.82) is 0 Å². The molecular formula is C9H6N2O4. The number of Topliss-reactive ketones (excluding diaryl/α,β-unsaturated/α-hetero) is 1. The second-order valence-electron chi connectivity index (χ2n) is 2.93. The first-order chi connectivity index (χ1) is 8.23. The van der Waals surface area contributed by atoms with Gasteiger partial charge in [-0.1, -0.05) is 0 Å². The van der Waals surface area contributed by atoms with Crippen LogP contribution in [-0.4, -0.2) is 23.6 Å². The number of nitro benzene ring substituents is 1. The number of carbonyl (C=O) groups is 2. The van der Waals surface area contributed by atoms with Gasteiger partial charge in [0.25, 0.3) is 17.4 Å². The lowest BCUT2D eigenvalue weighted by atomic mass is 10.1. The topological polar surface area (TPSA) is 80.5 Å². The van der Waals surface area contributed by atoms with Crippen LogP contribution in [0.5, 0.6) is 0 Å². The normalized spacial score (nSPS) is 18.1. The van der Waals surface area contributed by atoms with Gasteiger partial charge in [0, 0.05) is 23.2 Å². The van der Waals surface area contributed by atoms with E-state index in [1.807, 2.05) is 0 Å². The van der Waals surface area contributed by atoms with Crippen LogP contribution in [-0.2, 0) is 4.79 Å². The van der Waals surface area contributed by atoms with Gasteiger partial charge in [-0.05, 0) is 6.07 Å². The quantitative estimate of drug-likeness (QED) is 0.388. The van der Waals surface area contributed by atoms with Crippen molar-refractivity contribution in [2.24, 2.45) is 0 Å². The van der Waals surface area contributed by atoms with Crippen molar-refractivity contribution in [2.45, 2.75) is 0 Å². The summed E-state index contributed by atoms with van der Waals surface area (Å²) >= 11 is 0. The van der Waals surface area contributed by atoms with Crippen molar-refractivity contribution in [3.05, 3.63) is 33.9 Å². The fourth-order valence-corrected chi connectivity index (χ4v) is 1.34. The summed E-state index contributed by atoms with van der Waals surface area (Å²) < 4.78 is 21.5. The zero-order valence-corrected chi connectivity index (χ0v) is 7.26. The average Bonchev–Trinajstić information content (AvgIpc) is 2.50. The maximum absolute atomic E-state index is 11.6. The number of hydrogen-bond donors (Lipinski definition) is 0. The first-order valence-corrected chi connectivity index (χ1v) is 3.91. The van der Waals surface area contributed by atoms with Crippen LogP contribution in [0, 0.1) is 10.1 Å². The highest BCUT2D eigenvalue weighted by molar-refractivity contribution is 6.52. The monoisotopic (exact) mass is 209 g/mol. The molecule has 0 fully saturated rings. The van der Waals surface area contributed by atoms with Crippen LogP contribution >= 0.6 is 0 Å². The van der Waals surface area contributed by atoms with Gasteiger partial charge in [0.1, 0.15) is 0 Å². The van der Waals surface area contributed by atoms with Crippen molar-refractivity contribution in [1.82, 2.24) is 0 Å². The minimum Gasteiger partial charge on any atom is -0.308 e. The highest BCUT2D eigenvalue weighted by Gasteiger charge is 2.34. The molecule has 0 bridgehead atoms. The van der Waals surface area contributed by atoms with E-state index < -0.39 is 23.6 Å². The van der Waals surface area contributed by atoms with Crippen LogP contribution in [0.4, 0.5) is 11.4 Å². The molecular weight excluding hydrogens is 200 g/mol. The molecule has 2 rings (SSSR count). The van der Waals surface area contributed by atoms with Crippen LogP contribution in [0.15, 0.2) is 18.2 Å². The van der Waals surface area contributed by atoms with Crippen LogP contribution in [0.25, 0.3) is 0 Å². The molecule has 1 aliphatic heterocycles. The summed E-state index contributed by atoms with van der Waals surface area (Å²) in [5, 5.41) is 10.6. The first-order valence-electron chi connectivity index (χ1n) is 5.41.